The topological polar surface area (TPSA) is 22.1 Å². The van der Waals surface area contributed by atoms with Crippen LogP contribution in [0.4, 0.5) is 13.2 Å². The van der Waals surface area contributed by atoms with Gasteiger partial charge in [0, 0.05) is 12.6 Å². The summed E-state index contributed by atoms with van der Waals surface area (Å²) in [5.74, 6) is 0.175. The van der Waals surface area contributed by atoms with Crippen molar-refractivity contribution >= 4 is 11.6 Å². The summed E-state index contributed by atoms with van der Waals surface area (Å²) in [7, 11) is 0. The standard InChI is InChI=1S/C10H11ClF3NO/c1-7-5-8(11)9(15-6-7)16-4-2-3-10(12,13)14/h5-6H,2-4H2,1H3. The summed E-state index contributed by atoms with van der Waals surface area (Å²) in [4.78, 5) is 3.88. The van der Waals surface area contributed by atoms with Crippen molar-refractivity contribution in [2.24, 2.45) is 0 Å². The maximum absolute atomic E-state index is 11.8. The van der Waals surface area contributed by atoms with Crippen LogP contribution in [0.5, 0.6) is 5.88 Å². The Bertz CT molecular complexity index is 354. The van der Waals surface area contributed by atoms with Crippen molar-refractivity contribution in [3.8, 4) is 5.88 Å². The minimum absolute atomic E-state index is 0.0463. The van der Waals surface area contributed by atoms with Gasteiger partial charge in [-0.3, -0.25) is 0 Å². The van der Waals surface area contributed by atoms with Crippen molar-refractivity contribution in [1.29, 1.82) is 0 Å². The van der Waals surface area contributed by atoms with Gasteiger partial charge in [0.15, 0.2) is 0 Å². The molecule has 0 N–H and O–H groups in total. The number of hydrogen-bond donors (Lipinski definition) is 0. The van der Waals surface area contributed by atoms with E-state index in [1.54, 1.807) is 12.3 Å². The highest BCUT2D eigenvalue weighted by atomic mass is 35.5. The molecule has 1 rings (SSSR count). The highest BCUT2D eigenvalue weighted by Crippen LogP contribution is 2.24. The van der Waals surface area contributed by atoms with Crippen molar-refractivity contribution in [2.75, 3.05) is 6.61 Å². The van der Waals surface area contributed by atoms with Crippen LogP contribution < -0.4 is 4.74 Å². The van der Waals surface area contributed by atoms with Crippen LogP contribution in [-0.4, -0.2) is 17.8 Å². The summed E-state index contributed by atoms with van der Waals surface area (Å²) >= 11 is 5.79. The Morgan fingerprint density at radius 1 is 1.44 bits per heavy atom. The van der Waals surface area contributed by atoms with Crippen molar-refractivity contribution in [3.63, 3.8) is 0 Å². The molecule has 0 aromatic carbocycles. The molecule has 1 heterocycles. The third kappa shape index (κ3) is 4.70. The average molecular weight is 254 g/mol. The first-order valence-corrected chi connectivity index (χ1v) is 5.08. The number of hydrogen-bond acceptors (Lipinski definition) is 2. The van der Waals surface area contributed by atoms with Gasteiger partial charge in [0.1, 0.15) is 5.02 Å². The van der Waals surface area contributed by atoms with Crippen LogP contribution >= 0.6 is 11.6 Å². The third-order valence-electron chi connectivity index (χ3n) is 1.79. The summed E-state index contributed by atoms with van der Waals surface area (Å²) in [5, 5.41) is 0.312. The minimum atomic E-state index is -4.14. The fraction of sp³-hybridized carbons (Fsp3) is 0.500. The zero-order chi connectivity index (χ0) is 12.2. The monoisotopic (exact) mass is 253 g/mol. The Kier molecular flexibility index (Phi) is 4.41. The summed E-state index contributed by atoms with van der Waals surface area (Å²) in [6, 6.07) is 1.65. The lowest BCUT2D eigenvalue weighted by Gasteiger charge is -2.08. The molecular formula is C10H11ClF3NO. The second kappa shape index (κ2) is 5.39. The molecular weight excluding hydrogens is 243 g/mol. The molecule has 0 aliphatic heterocycles. The summed E-state index contributed by atoms with van der Waals surface area (Å²) in [5.41, 5.74) is 0.868. The van der Waals surface area contributed by atoms with Crippen molar-refractivity contribution in [3.05, 3.63) is 22.8 Å². The predicted molar refractivity (Wildman–Crippen MR) is 54.8 cm³/mol. The second-order valence-electron chi connectivity index (χ2n) is 3.37. The van der Waals surface area contributed by atoms with Crippen LogP contribution in [0.15, 0.2) is 12.3 Å². The molecule has 0 unspecified atom stereocenters. The van der Waals surface area contributed by atoms with Gasteiger partial charge < -0.3 is 4.74 Å². The zero-order valence-electron chi connectivity index (χ0n) is 8.64. The molecule has 0 amide bonds. The Labute approximate surface area is 96.4 Å². The molecule has 0 saturated carbocycles. The van der Waals surface area contributed by atoms with Crippen LogP contribution in [0.2, 0.25) is 5.02 Å². The molecule has 6 heteroatoms. The van der Waals surface area contributed by atoms with Crippen molar-refractivity contribution in [1.82, 2.24) is 4.98 Å². The first kappa shape index (κ1) is 13.1. The van der Waals surface area contributed by atoms with E-state index < -0.39 is 12.6 Å². The molecule has 0 fully saturated rings. The van der Waals surface area contributed by atoms with Crippen LogP contribution in [0.1, 0.15) is 18.4 Å². The van der Waals surface area contributed by atoms with Gasteiger partial charge in [0.2, 0.25) is 5.88 Å². The SMILES string of the molecule is Cc1cnc(OCCCC(F)(F)F)c(Cl)c1. The first-order valence-electron chi connectivity index (χ1n) is 4.70. The number of aryl methyl sites for hydroxylation is 1. The molecule has 0 aliphatic carbocycles. The van der Waals surface area contributed by atoms with Crippen LogP contribution in [0.3, 0.4) is 0 Å². The van der Waals surface area contributed by atoms with E-state index in [0.717, 1.165) is 5.56 Å². The molecule has 1 aromatic heterocycles. The Hall–Kier alpha value is -0.970. The van der Waals surface area contributed by atoms with E-state index in [4.69, 9.17) is 16.3 Å². The molecule has 0 atom stereocenters. The number of ether oxygens (including phenoxy) is 1. The maximum Gasteiger partial charge on any atom is 0.389 e. The van der Waals surface area contributed by atoms with Crippen molar-refractivity contribution < 1.29 is 17.9 Å². The highest BCUT2D eigenvalue weighted by Gasteiger charge is 2.26. The zero-order valence-corrected chi connectivity index (χ0v) is 9.40. The van der Waals surface area contributed by atoms with E-state index in [-0.39, 0.29) is 18.9 Å². The molecule has 90 valence electrons. The van der Waals surface area contributed by atoms with Gasteiger partial charge in [-0.25, -0.2) is 4.98 Å². The third-order valence-corrected chi connectivity index (χ3v) is 2.06. The van der Waals surface area contributed by atoms with Gasteiger partial charge in [0.05, 0.1) is 6.61 Å². The molecule has 1 aromatic rings. The normalized spacial score (nSPS) is 11.6. The number of rotatable bonds is 4. The summed E-state index contributed by atoms with van der Waals surface area (Å²) < 4.78 is 40.5. The first-order chi connectivity index (χ1) is 7.38. The van der Waals surface area contributed by atoms with Gasteiger partial charge in [-0.1, -0.05) is 11.6 Å². The Morgan fingerprint density at radius 2 is 2.12 bits per heavy atom. The number of pyridine rings is 1. The van der Waals surface area contributed by atoms with E-state index in [9.17, 15) is 13.2 Å². The number of halogens is 4. The van der Waals surface area contributed by atoms with Crippen LogP contribution in [0.25, 0.3) is 0 Å². The van der Waals surface area contributed by atoms with Gasteiger partial charge >= 0.3 is 6.18 Å². The summed E-state index contributed by atoms with van der Waals surface area (Å²) in [6.45, 7) is 1.77. The lowest BCUT2D eigenvalue weighted by atomic mass is 10.3. The van der Waals surface area contributed by atoms with Crippen molar-refractivity contribution in [2.45, 2.75) is 25.9 Å². The lowest BCUT2D eigenvalue weighted by molar-refractivity contribution is -0.136. The van der Waals surface area contributed by atoms with Crippen LogP contribution in [-0.2, 0) is 0 Å². The molecule has 0 aliphatic rings. The van der Waals surface area contributed by atoms with Gasteiger partial charge in [-0.15, -0.1) is 0 Å². The fourth-order valence-electron chi connectivity index (χ4n) is 1.07. The average Bonchev–Trinajstić information content (AvgIpc) is 2.13. The van der Waals surface area contributed by atoms with Gasteiger partial charge in [-0.2, -0.15) is 13.2 Å². The number of aromatic nitrogens is 1. The molecule has 0 radical (unpaired) electrons. The second-order valence-corrected chi connectivity index (χ2v) is 3.77. The highest BCUT2D eigenvalue weighted by molar-refractivity contribution is 6.31. The van der Waals surface area contributed by atoms with E-state index in [2.05, 4.69) is 4.98 Å². The number of alkyl halides is 3. The van der Waals surface area contributed by atoms with E-state index in [0.29, 0.717) is 5.02 Å². The Morgan fingerprint density at radius 3 is 2.69 bits per heavy atom. The fourth-order valence-corrected chi connectivity index (χ4v) is 1.34. The smallest absolute Gasteiger partial charge is 0.389 e. The molecule has 2 nitrogen and oxygen atoms in total. The Balaban J connectivity index is 2.38. The van der Waals surface area contributed by atoms with Gasteiger partial charge in [-0.05, 0) is 25.0 Å². The summed E-state index contributed by atoms with van der Waals surface area (Å²) in [6.07, 6.45) is -3.56. The lowest BCUT2D eigenvalue weighted by Crippen LogP contribution is -2.10. The molecule has 0 bridgehead atoms. The molecule has 0 saturated heterocycles. The van der Waals surface area contributed by atoms with E-state index in [1.165, 1.54) is 0 Å². The quantitative estimate of drug-likeness (QED) is 0.762. The minimum Gasteiger partial charge on any atom is -0.477 e. The molecule has 16 heavy (non-hydrogen) atoms. The van der Waals surface area contributed by atoms with Crippen LogP contribution in [0, 0.1) is 6.92 Å². The molecule has 0 spiro atoms. The number of nitrogens with zero attached hydrogens (tertiary/aromatic N) is 1. The largest absolute Gasteiger partial charge is 0.477 e. The van der Waals surface area contributed by atoms with E-state index in [1.807, 2.05) is 6.92 Å². The predicted octanol–water partition coefficient (Wildman–Crippen LogP) is 3.76. The van der Waals surface area contributed by atoms with Gasteiger partial charge in [0.25, 0.3) is 0 Å². The maximum atomic E-state index is 11.8. The van der Waals surface area contributed by atoms with E-state index >= 15 is 0 Å².